The van der Waals surface area contributed by atoms with Crippen LogP contribution in [0.2, 0.25) is 0 Å². The van der Waals surface area contributed by atoms with E-state index in [9.17, 15) is 44.7 Å². The first-order valence-corrected chi connectivity index (χ1v) is 12.6. The van der Waals surface area contributed by atoms with E-state index in [2.05, 4.69) is 9.72 Å². The topological polar surface area (TPSA) is 65.5 Å². The number of rotatable bonds is 5. The minimum atomic E-state index is -5.30. The Morgan fingerprint density at radius 2 is 1.40 bits per heavy atom. The SMILES string of the molecule is CCOC(=O)/C(=C1\c2cc(F)ccc2-c2cc3c(nc21)-c1ccc(F)cc1C3C(C(=O)OCC)C(F)(F)F)C(F)(F)F. The Morgan fingerprint density at radius 1 is 0.786 bits per heavy atom. The minimum absolute atomic E-state index is 0.0525. The van der Waals surface area contributed by atoms with Crippen molar-refractivity contribution in [2.45, 2.75) is 32.1 Å². The molecule has 5 rings (SSSR count). The molecule has 1 heterocycles. The summed E-state index contributed by atoms with van der Waals surface area (Å²) in [5.41, 5.74) is -4.48. The van der Waals surface area contributed by atoms with Crippen LogP contribution < -0.4 is 0 Å². The van der Waals surface area contributed by atoms with Crippen molar-refractivity contribution in [3.8, 4) is 22.4 Å². The Bertz CT molecular complexity index is 1660. The molecule has 220 valence electrons. The summed E-state index contributed by atoms with van der Waals surface area (Å²) in [6.07, 6.45) is -10.5. The van der Waals surface area contributed by atoms with Crippen LogP contribution in [-0.4, -0.2) is 42.5 Å². The first-order valence-electron chi connectivity index (χ1n) is 12.6. The van der Waals surface area contributed by atoms with Gasteiger partial charge in [0.15, 0.2) is 11.5 Å². The van der Waals surface area contributed by atoms with Crippen LogP contribution in [0.15, 0.2) is 48.0 Å². The van der Waals surface area contributed by atoms with Crippen molar-refractivity contribution in [2.24, 2.45) is 5.92 Å². The van der Waals surface area contributed by atoms with Crippen LogP contribution in [0.4, 0.5) is 35.1 Å². The predicted molar refractivity (Wildman–Crippen MR) is 132 cm³/mol. The molecule has 0 saturated carbocycles. The Labute approximate surface area is 232 Å². The lowest BCUT2D eigenvalue weighted by molar-refractivity contribution is -0.199. The molecule has 2 aromatic carbocycles. The van der Waals surface area contributed by atoms with Gasteiger partial charge in [-0.05, 0) is 72.5 Å². The fourth-order valence-corrected chi connectivity index (χ4v) is 5.50. The summed E-state index contributed by atoms with van der Waals surface area (Å²) in [4.78, 5) is 29.6. The maximum atomic E-state index is 14.4. The summed E-state index contributed by atoms with van der Waals surface area (Å²) in [5.74, 6) is -9.95. The number of halogens is 8. The van der Waals surface area contributed by atoms with Crippen molar-refractivity contribution < 1.29 is 54.2 Å². The number of hydrogen-bond acceptors (Lipinski definition) is 5. The van der Waals surface area contributed by atoms with E-state index in [1.165, 1.54) is 13.8 Å². The van der Waals surface area contributed by atoms with Crippen LogP contribution in [0.25, 0.3) is 28.0 Å². The molecule has 2 aliphatic carbocycles. The highest BCUT2D eigenvalue weighted by atomic mass is 19.4. The van der Waals surface area contributed by atoms with Gasteiger partial charge in [-0.2, -0.15) is 26.3 Å². The molecule has 0 fully saturated rings. The number of hydrogen-bond donors (Lipinski definition) is 0. The molecule has 0 saturated heterocycles. The van der Waals surface area contributed by atoms with Gasteiger partial charge in [0.1, 0.15) is 11.6 Å². The summed E-state index contributed by atoms with van der Waals surface area (Å²) < 4.78 is 124. The standard InChI is InChI=1S/C29H19F8NO4/c1-3-41-26(39)22(28(32,33)34)20-17-10-13(31)6-8-15(17)24-19(20)11-18-14-7-5-12(30)9-16(14)21(25(18)38-24)23(29(35,36)37)27(40)42-4-2/h5-11,20,22H,3-4H2,1-2H3/b23-21-. The molecule has 2 unspecified atom stereocenters. The largest absolute Gasteiger partial charge is 0.465 e. The van der Waals surface area contributed by atoms with Gasteiger partial charge in [-0.15, -0.1) is 0 Å². The van der Waals surface area contributed by atoms with Crippen LogP contribution in [-0.2, 0) is 19.1 Å². The highest BCUT2D eigenvalue weighted by molar-refractivity contribution is 6.10. The molecule has 2 atom stereocenters. The zero-order valence-electron chi connectivity index (χ0n) is 21.7. The lowest BCUT2D eigenvalue weighted by atomic mass is 9.83. The second-order valence-corrected chi connectivity index (χ2v) is 9.46. The van der Waals surface area contributed by atoms with Crippen molar-refractivity contribution in [3.63, 3.8) is 0 Å². The fraction of sp³-hybridized carbons (Fsp3) is 0.276. The van der Waals surface area contributed by atoms with Crippen molar-refractivity contribution in [3.05, 3.63) is 82.1 Å². The Hall–Kier alpha value is -4.29. The maximum absolute atomic E-state index is 14.4. The van der Waals surface area contributed by atoms with Crippen LogP contribution in [0.5, 0.6) is 0 Å². The maximum Gasteiger partial charge on any atom is 0.424 e. The lowest BCUT2D eigenvalue weighted by Gasteiger charge is -2.26. The highest BCUT2D eigenvalue weighted by Crippen LogP contribution is 2.56. The molecule has 0 aliphatic heterocycles. The molecule has 0 bridgehead atoms. The number of ether oxygens (including phenoxy) is 2. The molecule has 13 heteroatoms. The number of carbonyl (C=O) groups is 2. The second kappa shape index (κ2) is 10.2. The van der Waals surface area contributed by atoms with Crippen LogP contribution >= 0.6 is 0 Å². The fourth-order valence-electron chi connectivity index (χ4n) is 5.50. The normalized spacial score (nSPS) is 17.1. The van der Waals surface area contributed by atoms with E-state index in [-0.39, 0.29) is 45.7 Å². The van der Waals surface area contributed by atoms with Gasteiger partial charge < -0.3 is 9.47 Å². The molecule has 5 nitrogen and oxygen atoms in total. The molecular weight excluding hydrogens is 578 g/mol. The number of esters is 2. The van der Waals surface area contributed by atoms with E-state index in [0.29, 0.717) is 0 Å². The third-order valence-corrected chi connectivity index (χ3v) is 7.01. The first kappa shape index (κ1) is 29.2. The number of carbonyl (C=O) groups excluding carboxylic acids is 2. The van der Waals surface area contributed by atoms with E-state index in [4.69, 9.17) is 4.74 Å². The second-order valence-electron chi connectivity index (χ2n) is 9.46. The molecule has 1 aromatic heterocycles. The number of alkyl halides is 6. The molecular formula is C29H19F8NO4. The van der Waals surface area contributed by atoms with E-state index in [1.807, 2.05) is 0 Å². The number of pyridine rings is 1. The average Bonchev–Trinajstić information content (AvgIpc) is 3.33. The third kappa shape index (κ3) is 4.70. The van der Waals surface area contributed by atoms with Gasteiger partial charge in [0.25, 0.3) is 0 Å². The van der Waals surface area contributed by atoms with E-state index < -0.39 is 71.2 Å². The Balaban J connectivity index is 1.88. The first-order chi connectivity index (χ1) is 19.7. The summed E-state index contributed by atoms with van der Waals surface area (Å²) in [6.45, 7) is 1.79. The van der Waals surface area contributed by atoms with E-state index >= 15 is 0 Å². The highest BCUT2D eigenvalue weighted by Gasteiger charge is 2.55. The quantitative estimate of drug-likeness (QED) is 0.139. The molecule has 3 aromatic rings. The van der Waals surface area contributed by atoms with Gasteiger partial charge in [-0.3, -0.25) is 4.79 Å². The number of benzene rings is 2. The minimum Gasteiger partial charge on any atom is -0.465 e. The summed E-state index contributed by atoms with van der Waals surface area (Å²) in [6, 6.07) is 6.71. The van der Waals surface area contributed by atoms with Crippen LogP contribution in [0.3, 0.4) is 0 Å². The number of nitrogens with zero attached hydrogens (tertiary/aromatic N) is 1. The summed E-state index contributed by atoms with van der Waals surface area (Å²) >= 11 is 0. The molecule has 0 N–H and O–H groups in total. The third-order valence-electron chi connectivity index (χ3n) is 7.01. The Kier molecular flexibility index (Phi) is 7.10. The van der Waals surface area contributed by atoms with Crippen molar-refractivity contribution in [1.82, 2.24) is 4.98 Å². The van der Waals surface area contributed by atoms with Crippen LogP contribution in [0, 0.1) is 17.6 Å². The van der Waals surface area contributed by atoms with Gasteiger partial charge in [0, 0.05) is 22.6 Å². The monoisotopic (exact) mass is 597 g/mol. The molecule has 0 amide bonds. The van der Waals surface area contributed by atoms with E-state index in [1.54, 1.807) is 0 Å². The predicted octanol–water partition coefficient (Wildman–Crippen LogP) is 7.12. The van der Waals surface area contributed by atoms with Gasteiger partial charge in [0.05, 0.1) is 24.6 Å². The zero-order chi connectivity index (χ0) is 30.7. The van der Waals surface area contributed by atoms with Gasteiger partial charge in [0.2, 0.25) is 0 Å². The van der Waals surface area contributed by atoms with Crippen molar-refractivity contribution >= 4 is 17.5 Å². The van der Waals surface area contributed by atoms with E-state index in [0.717, 1.165) is 42.5 Å². The zero-order valence-corrected chi connectivity index (χ0v) is 21.7. The molecule has 42 heavy (non-hydrogen) atoms. The summed E-state index contributed by atoms with van der Waals surface area (Å²) in [7, 11) is 0. The number of aromatic nitrogens is 1. The smallest absolute Gasteiger partial charge is 0.424 e. The molecule has 2 aliphatic rings. The van der Waals surface area contributed by atoms with Gasteiger partial charge in [-0.25, -0.2) is 18.6 Å². The van der Waals surface area contributed by atoms with Gasteiger partial charge >= 0.3 is 24.3 Å². The molecule has 0 radical (unpaired) electrons. The van der Waals surface area contributed by atoms with Crippen LogP contribution in [0.1, 0.15) is 42.1 Å². The Morgan fingerprint density at radius 3 is 2.00 bits per heavy atom. The average molecular weight is 597 g/mol. The lowest BCUT2D eigenvalue weighted by Crippen LogP contribution is -2.37. The van der Waals surface area contributed by atoms with Gasteiger partial charge in [-0.1, -0.05) is 6.07 Å². The summed E-state index contributed by atoms with van der Waals surface area (Å²) in [5, 5.41) is 0. The van der Waals surface area contributed by atoms with Crippen molar-refractivity contribution in [2.75, 3.05) is 13.2 Å². The molecule has 0 spiro atoms. The van der Waals surface area contributed by atoms with Crippen molar-refractivity contribution in [1.29, 1.82) is 0 Å². The number of fused-ring (bicyclic) bond motifs is 6.